The van der Waals surface area contributed by atoms with Crippen molar-refractivity contribution in [1.29, 1.82) is 0 Å². The van der Waals surface area contributed by atoms with Gasteiger partial charge in [-0.3, -0.25) is 5.32 Å². The highest BCUT2D eigenvalue weighted by Crippen LogP contribution is 2.29. The number of carbonyl (C=O) groups excluding carboxylic acids is 1. The van der Waals surface area contributed by atoms with E-state index < -0.39 is 6.09 Å². The van der Waals surface area contributed by atoms with Crippen LogP contribution in [0.25, 0.3) is 16.9 Å². The number of amides is 1. The van der Waals surface area contributed by atoms with Gasteiger partial charge in [0.05, 0.1) is 17.6 Å². The van der Waals surface area contributed by atoms with Crippen LogP contribution in [0, 0.1) is 12.8 Å². The second-order valence-electron chi connectivity index (χ2n) is 10.6. The Morgan fingerprint density at radius 3 is 2.65 bits per heavy atom. The lowest BCUT2D eigenvalue weighted by Crippen LogP contribution is -2.18. The van der Waals surface area contributed by atoms with E-state index in [1.165, 1.54) is 12.8 Å². The van der Waals surface area contributed by atoms with Crippen molar-refractivity contribution in [3.8, 4) is 22.8 Å². The summed E-state index contributed by atoms with van der Waals surface area (Å²) in [5.74, 6) is 2.02. The van der Waals surface area contributed by atoms with Gasteiger partial charge in [0.1, 0.15) is 11.5 Å². The number of carbonyl (C=O) groups is 1. The molecule has 10 heteroatoms. The zero-order valence-electron chi connectivity index (χ0n) is 21.8. The molecule has 4 aromatic rings. The van der Waals surface area contributed by atoms with Gasteiger partial charge in [0.15, 0.2) is 0 Å². The first-order valence-corrected chi connectivity index (χ1v) is 12.4. The second-order valence-corrected chi connectivity index (χ2v) is 10.6. The lowest BCUT2D eigenvalue weighted by atomic mass is 9.93. The summed E-state index contributed by atoms with van der Waals surface area (Å²) in [5, 5.41) is 19.2. The standard InChI is InChI=1S/C27H32N8O2/c1-17-6-10-20(30-26(36)37-25-13-23(27(2,3)4)32-34(25)5)12-22(17)35-16-21(31-33-35)19-9-11-24(29-15-19)28-14-18-7-8-18/h6,9-13,15-16,18H,7-8,14H2,1-5H3,(H,28,29)(H,30,36). The third-order valence-corrected chi connectivity index (χ3v) is 6.33. The SMILES string of the molecule is Cc1ccc(NC(=O)Oc2cc(C(C)(C)C)nn2C)cc1-n1cc(-c2ccc(NCC3CC3)nc2)nn1. The molecule has 1 aliphatic carbocycles. The number of hydrogen-bond acceptors (Lipinski definition) is 7. The zero-order valence-corrected chi connectivity index (χ0v) is 21.8. The molecule has 0 radical (unpaired) electrons. The number of pyridine rings is 1. The van der Waals surface area contributed by atoms with Crippen LogP contribution in [-0.2, 0) is 12.5 Å². The Bertz CT molecular complexity index is 1410. The van der Waals surface area contributed by atoms with Crippen molar-refractivity contribution in [3.05, 3.63) is 60.0 Å². The van der Waals surface area contributed by atoms with Gasteiger partial charge in [-0.15, -0.1) is 5.10 Å². The number of aryl methyl sites for hydroxylation is 2. The van der Waals surface area contributed by atoms with Gasteiger partial charge in [0, 0.05) is 42.5 Å². The highest BCUT2D eigenvalue weighted by Gasteiger charge is 2.22. The third kappa shape index (κ3) is 5.79. The number of nitrogens with zero attached hydrogens (tertiary/aromatic N) is 6. The lowest BCUT2D eigenvalue weighted by Gasteiger charge is -2.13. The maximum absolute atomic E-state index is 12.6. The van der Waals surface area contributed by atoms with Gasteiger partial charge in [-0.1, -0.05) is 32.1 Å². The van der Waals surface area contributed by atoms with E-state index in [2.05, 4.69) is 51.8 Å². The lowest BCUT2D eigenvalue weighted by molar-refractivity contribution is 0.211. The summed E-state index contributed by atoms with van der Waals surface area (Å²) in [7, 11) is 1.75. The molecule has 37 heavy (non-hydrogen) atoms. The van der Waals surface area contributed by atoms with Crippen molar-refractivity contribution in [3.63, 3.8) is 0 Å². The zero-order chi connectivity index (χ0) is 26.2. The van der Waals surface area contributed by atoms with E-state index >= 15 is 0 Å². The predicted octanol–water partition coefficient (Wildman–Crippen LogP) is 5.10. The Kier molecular flexibility index (Phi) is 6.41. The molecular formula is C27H32N8O2. The molecule has 0 unspecified atom stereocenters. The largest absolute Gasteiger partial charge is 0.418 e. The molecule has 0 bridgehead atoms. The van der Waals surface area contributed by atoms with Gasteiger partial charge in [-0.2, -0.15) is 5.10 Å². The molecule has 1 aromatic carbocycles. The minimum atomic E-state index is -0.598. The Morgan fingerprint density at radius 2 is 1.97 bits per heavy atom. The van der Waals surface area contributed by atoms with E-state index in [1.807, 2.05) is 43.5 Å². The molecular weight excluding hydrogens is 468 g/mol. The number of hydrogen-bond donors (Lipinski definition) is 2. The maximum atomic E-state index is 12.6. The highest BCUT2D eigenvalue weighted by atomic mass is 16.6. The van der Waals surface area contributed by atoms with Gasteiger partial charge < -0.3 is 10.1 Å². The molecule has 0 aliphatic heterocycles. The molecule has 5 rings (SSSR count). The Hall–Kier alpha value is -4.21. The first-order chi connectivity index (χ1) is 17.7. The summed E-state index contributed by atoms with van der Waals surface area (Å²) in [6, 6.07) is 11.3. The van der Waals surface area contributed by atoms with Crippen molar-refractivity contribution in [2.45, 2.75) is 46.0 Å². The molecule has 3 heterocycles. The summed E-state index contributed by atoms with van der Waals surface area (Å²) in [6.45, 7) is 9.12. The van der Waals surface area contributed by atoms with E-state index in [-0.39, 0.29) is 5.41 Å². The Labute approximate surface area is 216 Å². The van der Waals surface area contributed by atoms with Crippen LogP contribution in [-0.4, -0.2) is 42.4 Å². The topological polar surface area (TPSA) is 112 Å². The first-order valence-electron chi connectivity index (χ1n) is 12.4. The normalized spacial score (nSPS) is 13.4. The number of benzene rings is 1. The molecule has 0 saturated heterocycles. The second kappa shape index (κ2) is 9.68. The van der Waals surface area contributed by atoms with Crippen molar-refractivity contribution in [2.75, 3.05) is 17.2 Å². The van der Waals surface area contributed by atoms with Crippen LogP contribution in [0.3, 0.4) is 0 Å². The molecule has 3 aromatic heterocycles. The molecule has 1 aliphatic rings. The van der Waals surface area contributed by atoms with E-state index in [0.29, 0.717) is 17.3 Å². The summed E-state index contributed by atoms with van der Waals surface area (Å²) in [5.41, 5.74) is 4.64. The molecule has 1 saturated carbocycles. The quantitative estimate of drug-likeness (QED) is 0.363. The van der Waals surface area contributed by atoms with Gasteiger partial charge in [-0.25, -0.2) is 19.1 Å². The number of anilines is 2. The smallest absolute Gasteiger partial charge is 0.391 e. The molecule has 0 atom stereocenters. The molecule has 0 spiro atoms. The fourth-order valence-corrected chi connectivity index (χ4v) is 3.82. The van der Waals surface area contributed by atoms with Crippen molar-refractivity contribution >= 4 is 17.6 Å². The molecule has 192 valence electrons. The minimum Gasteiger partial charge on any atom is -0.391 e. The van der Waals surface area contributed by atoms with Crippen LogP contribution >= 0.6 is 0 Å². The number of ether oxygens (including phenoxy) is 1. The Balaban J connectivity index is 1.27. The summed E-state index contributed by atoms with van der Waals surface area (Å²) >= 11 is 0. The van der Waals surface area contributed by atoms with Crippen molar-refractivity contribution < 1.29 is 9.53 Å². The maximum Gasteiger partial charge on any atom is 0.418 e. The van der Waals surface area contributed by atoms with Crippen LogP contribution < -0.4 is 15.4 Å². The van der Waals surface area contributed by atoms with Gasteiger partial charge in [0.25, 0.3) is 0 Å². The number of rotatable bonds is 7. The third-order valence-electron chi connectivity index (χ3n) is 6.33. The first kappa shape index (κ1) is 24.5. The van der Waals surface area contributed by atoms with Crippen LogP contribution in [0.5, 0.6) is 5.88 Å². The summed E-state index contributed by atoms with van der Waals surface area (Å²) < 4.78 is 8.76. The average Bonchev–Trinajstić information content (AvgIpc) is 3.42. The average molecular weight is 501 g/mol. The van der Waals surface area contributed by atoms with Crippen LogP contribution in [0.2, 0.25) is 0 Å². The van der Waals surface area contributed by atoms with E-state index in [4.69, 9.17) is 4.74 Å². The summed E-state index contributed by atoms with van der Waals surface area (Å²) in [4.78, 5) is 17.1. The van der Waals surface area contributed by atoms with Crippen LogP contribution in [0.15, 0.2) is 48.8 Å². The van der Waals surface area contributed by atoms with Gasteiger partial charge in [0.2, 0.25) is 5.88 Å². The molecule has 1 amide bonds. The highest BCUT2D eigenvalue weighted by molar-refractivity contribution is 5.86. The molecule has 10 nitrogen and oxygen atoms in total. The fourth-order valence-electron chi connectivity index (χ4n) is 3.82. The minimum absolute atomic E-state index is 0.149. The number of aromatic nitrogens is 6. The molecule has 1 fully saturated rings. The van der Waals surface area contributed by atoms with Gasteiger partial charge >= 0.3 is 6.09 Å². The van der Waals surface area contributed by atoms with E-state index in [1.54, 1.807) is 28.7 Å². The number of nitrogens with one attached hydrogen (secondary N) is 2. The fraction of sp³-hybridized carbons (Fsp3) is 0.370. The van der Waals surface area contributed by atoms with Gasteiger partial charge in [-0.05, 0) is 55.5 Å². The van der Waals surface area contributed by atoms with E-state index in [0.717, 1.165) is 40.8 Å². The molecule has 2 N–H and O–H groups in total. The van der Waals surface area contributed by atoms with Crippen LogP contribution in [0.1, 0.15) is 44.9 Å². The summed E-state index contributed by atoms with van der Waals surface area (Å²) in [6.07, 6.45) is 5.65. The predicted molar refractivity (Wildman–Crippen MR) is 142 cm³/mol. The van der Waals surface area contributed by atoms with Crippen molar-refractivity contribution in [2.24, 2.45) is 13.0 Å². The Morgan fingerprint density at radius 1 is 1.16 bits per heavy atom. The monoisotopic (exact) mass is 500 g/mol. The van der Waals surface area contributed by atoms with Crippen LogP contribution in [0.4, 0.5) is 16.3 Å². The van der Waals surface area contributed by atoms with E-state index in [9.17, 15) is 4.79 Å². The van der Waals surface area contributed by atoms with Crippen molar-refractivity contribution in [1.82, 2.24) is 29.8 Å².